The molecule has 16 heavy (non-hydrogen) atoms. The minimum Gasteiger partial charge on any atom is -0.389 e. The van der Waals surface area contributed by atoms with Crippen molar-refractivity contribution >= 4 is 23.2 Å². The van der Waals surface area contributed by atoms with Gasteiger partial charge in [0.2, 0.25) is 0 Å². The molecule has 0 saturated carbocycles. The standard InChI is InChI=1S/C12H17Cl2NO/c1-3-15-8-12(2,16)7-9-6-10(13)4-5-11(9)14/h4-6,15-16H,3,7-8H2,1-2H3. The number of benzene rings is 1. The maximum absolute atomic E-state index is 10.2. The second-order valence-corrected chi connectivity index (χ2v) is 5.03. The third kappa shape index (κ3) is 4.30. The molecule has 1 atom stereocenters. The van der Waals surface area contributed by atoms with Gasteiger partial charge < -0.3 is 10.4 Å². The van der Waals surface area contributed by atoms with Crippen LogP contribution >= 0.6 is 23.2 Å². The zero-order valence-corrected chi connectivity index (χ0v) is 11.1. The minimum absolute atomic E-state index is 0.486. The molecule has 0 bridgehead atoms. The van der Waals surface area contributed by atoms with Crippen LogP contribution in [0.1, 0.15) is 19.4 Å². The molecule has 0 aromatic heterocycles. The van der Waals surface area contributed by atoms with Gasteiger partial charge in [0.15, 0.2) is 0 Å². The molecule has 0 fully saturated rings. The number of likely N-dealkylation sites (N-methyl/N-ethyl adjacent to an activating group) is 1. The van der Waals surface area contributed by atoms with Crippen molar-refractivity contribution in [3.8, 4) is 0 Å². The first-order valence-corrected chi connectivity index (χ1v) is 6.07. The summed E-state index contributed by atoms with van der Waals surface area (Å²) in [6, 6.07) is 5.29. The van der Waals surface area contributed by atoms with Crippen molar-refractivity contribution in [3.63, 3.8) is 0 Å². The van der Waals surface area contributed by atoms with Crippen molar-refractivity contribution in [2.24, 2.45) is 0 Å². The van der Waals surface area contributed by atoms with Crippen molar-refractivity contribution in [1.82, 2.24) is 5.32 Å². The van der Waals surface area contributed by atoms with Gasteiger partial charge in [0.05, 0.1) is 5.60 Å². The summed E-state index contributed by atoms with van der Waals surface area (Å²) in [4.78, 5) is 0. The van der Waals surface area contributed by atoms with Crippen LogP contribution < -0.4 is 5.32 Å². The number of rotatable bonds is 5. The Kier molecular flexibility index (Phi) is 5.06. The number of aliphatic hydroxyl groups is 1. The van der Waals surface area contributed by atoms with Crippen LogP contribution in [0.2, 0.25) is 10.0 Å². The molecule has 2 nitrogen and oxygen atoms in total. The molecule has 0 aliphatic rings. The van der Waals surface area contributed by atoms with Gasteiger partial charge in [-0.2, -0.15) is 0 Å². The fraction of sp³-hybridized carbons (Fsp3) is 0.500. The molecule has 2 N–H and O–H groups in total. The highest BCUT2D eigenvalue weighted by atomic mass is 35.5. The lowest BCUT2D eigenvalue weighted by Gasteiger charge is -2.24. The molecule has 1 aromatic carbocycles. The number of hydrogen-bond acceptors (Lipinski definition) is 2. The Balaban J connectivity index is 2.74. The average Bonchev–Trinajstić information content (AvgIpc) is 2.20. The van der Waals surface area contributed by atoms with Crippen LogP contribution in [0.3, 0.4) is 0 Å². The maximum Gasteiger partial charge on any atom is 0.0784 e. The lowest BCUT2D eigenvalue weighted by molar-refractivity contribution is 0.0608. The second kappa shape index (κ2) is 5.87. The minimum atomic E-state index is -0.815. The molecule has 90 valence electrons. The molecule has 0 aliphatic heterocycles. The molecule has 1 unspecified atom stereocenters. The van der Waals surface area contributed by atoms with Crippen LogP contribution in [0, 0.1) is 0 Å². The normalized spacial score (nSPS) is 14.8. The zero-order chi connectivity index (χ0) is 12.2. The summed E-state index contributed by atoms with van der Waals surface area (Å²) in [5.41, 5.74) is 0.0571. The molecular formula is C12H17Cl2NO. The SMILES string of the molecule is CCNCC(C)(O)Cc1cc(Cl)ccc1Cl. The maximum atomic E-state index is 10.2. The van der Waals surface area contributed by atoms with Gasteiger partial charge in [-0.15, -0.1) is 0 Å². The van der Waals surface area contributed by atoms with Gasteiger partial charge in [-0.25, -0.2) is 0 Å². The highest BCUT2D eigenvalue weighted by Crippen LogP contribution is 2.24. The van der Waals surface area contributed by atoms with Crippen molar-refractivity contribution in [2.45, 2.75) is 25.9 Å². The summed E-state index contributed by atoms with van der Waals surface area (Å²) in [5.74, 6) is 0. The molecule has 0 aliphatic carbocycles. The molecule has 0 radical (unpaired) electrons. The molecular weight excluding hydrogens is 245 g/mol. The lowest BCUT2D eigenvalue weighted by Crippen LogP contribution is -2.39. The van der Waals surface area contributed by atoms with Gasteiger partial charge in [-0.1, -0.05) is 30.1 Å². The van der Waals surface area contributed by atoms with Crippen molar-refractivity contribution < 1.29 is 5.11 Å². The van der Waals surface area contributed by atoms with E-state index in [1.807, 2.05) is 6.92 Å². The Morgan fingerprint density at radius 2 is 2.06 bits per heavy atom. The number of hydrogen-bond donors (Lipinski definition) is 2. The van der Waals surface area contributed by atoms with Crippen molar-refractivity contribution in [1.29, 1.82) is 0 Å². The van der Waals surface area contributed by atoms with Crippen molar-refractivity contribution in [2.75, 3.05) is 13.1 Å². The summed E-state index contributed by atoms with van der Waals surface area (Å²) in [7, 11) is 0. The van der Waals surface area contributed by atoms with E-state index in [-0.39, 0.29) is 0 Å². The monoisotopic (exact) mass is 261 g/mol. The summed E-state index contributed by atoms with van der Waals surface area (Å²) in [5, 5.41) is 14.5. The van der Waals surface area contributed by atoms with Crippen molar-refractivity contribution in [3.05, 3.63) is 33.8 Å². The summed E-state index contributed by atoms with van der Waals surface area (Å²) in [6.45, 7) is 5.15. The molecule has 1 rings (SSSR count). The summed E-state index contributed by atoms with van der Waals surface area (Å²) >= 11 is 11.9. The van der Waals surface area contributed by atoms with Crippen LogP contribution in [0.4, 0.5) is 0 Å². The van der Waals surface area contributed by atoms with Crippen LogP contribution in [0.5, 0.6) is 0 Å². The molecule has 0 spiro atoms. The van der Waals surface area contributed by atoms with Gasteiger partial charge in [-0.05, 0) is 37.2 Å². The van der Waals surface area contributed by atoms with E-state index in [4.69, 9.17) is 23.2 Å². The Morgan fingerprint density at radius 3 is 2.69 bits per heavy atom. The Labute approximate surface area is 107 Å². The summed E-state index contributed by atoms with van der Waals surface area (Å²) < 4.78 is 0. The average molecular weight is 262 g/mol. The molecule has 0 amide bonds. The van der Waals surface area contributed by atoms with Gasteiger partial charge in [0, 0.05) is 23.0 Å². The highest BCUT2D eigenvalue weighted by molar-refractivity contribution is 6.33. The largest absolute Gasteiger partial charge is 0.389 e. The predicted molar refractivity (Wildman–Crippen MR) is 69.3 cm³/mol. The number of nitrogens with one attached hydrogen (secondary N) is 1. The van der Waals surface area contributed by atoms with Crippen LogP contribution in [0.15, 0.2) is 18.2 Å². The fourth-order valence-corrected chi connectivity index (χ4v) is 1.92. The van der Waals surface area contributed by atoms with E-state index in [1.165, 1.54) is 0 Å². The van der Waals surface area contributed by atoms with Gasteiger partial charge >= 0.3 is 0 Å². The van der Waals surface area contributed by atoms with Crippen LogP contribution in [0.25, 0.3) is 0 Å². The first-order valence-electron chi connectivity index (χ1n) is 5.31. The zero-order valence-electron chi connectivity index (χ0n) is 9.56. The summed E-state index contributed by atoms with van der Waals surface area (Å²) in [6.07, 6.45) is 0.486. The predicted octanol–water partition coefficient (Wildman–Crippen LogP) is 2.90. The van der Waals surface area contributed by atoms with Crippen LogP contribution in [-0.4, -0.2) is 23.8 Å². The Hall–Kier alpha value is -0.280. The Bertz CT molecular complexity index is 353. The third-order valence-electron chi connectivity index (χ3n) is 2.33. The van der Waals surface area contributed by atoms with E-state index in [0.29, 0.717) is 23.0 Å². The van der Waals surface area contributed by atoms with Gasteiger partial charge in [0.25, 0.3) is 0 Å². The van der Waals surface area contributed by atoms with E-state index in [1.54, 1.807) is 25.1 Å². The molecule has 0 saturated heterocycles. The first-order chi connectivity index (χ1) is 7.44. The Morgan fingerprint density at radius 1 is 1.38 bits per heavy atom. The van der Waals surface area contributed by atoms with E-state index in [9.17, 15) is 5.11 Å². The smallest absolute Gasteiger partial charge is 0.0784 e. The number of halogens is 2. The van der Waals surface area contributed by atoms with E-state index >= 15 is 0 Å². The van der Waals surface area contributed by atoms with Gasteiger partial charge in [-0.3, -0.25) is 0 Å². The van der Waals surface area contributed by atoms with Gasteiger partial charge in [0.1, 0.15) is 0 Å². The third-order valence-corrected chi connectivity index (χ3v) is 2.94. The van der Waals surface area contributed by atoms with E-state index < -0.39 is 5.60 Å². The molecule has 0 heterocycles. The topological polar surface area (TPSA) is 32.3 Å². The van der Waals surface area contributed by atoms with Crippen LogP contribution in [-0.2, 0) is 6.42 Å². The quantitative estimate of drug-likeness (QED) is 0.855. The lowest BCUT2D eigenvalue weighted by atomic mass is 9.96. The van der Waals surface area contributed by atoms with E-state index in [2.05, 4.69) is 5.32 Å². The highest BCUT2D eigenvalue weighted by Gasteiger charge is 2.21. The fourth-order valence-electron chi connectivity index (χ4n) is 1.55. The second-order valence-electron chi connectivity index (χ2n) is 4.19. The molecule has 4 heteroatoms. The first kappa shape index (κ1) is 13.8. The van der Waals surface area contributed by atoms with E-state index in [0.717, 1.165) is 12.1 Å². The molecule has 1 aromatic rings.